The predicted octanol–water partition coefficient (Wildman–Crippen LogP) is 2.80. The largest absolute Gasteiger partial charge is 0.329 e. The third-order valence-corrected chi connectivity index (χ3v) is 6.09. The number of hydrogen-bond donors (Lipinski definition) is 1. The van der Waals surface area contributed by atoms with Gasteiger partial charge < -0.3 is 10.6 Å². The SMILES string of the molecule is CC1CN(C)CCN1C(CN)C1CCC(C(C)(C)C)CC1. The van der Waals surface area contributed by atoms with Crippen LogP contribution in [-0.4, -0.2) is 55.1 Å². The zero-order chi connectivity index (χ0) is 15.6. The Kier molecular flexibility index (Phi) is 5.72. The minimum absolute atomic E-state index is 0.476. The molecule has 0 aromatic rings. The van der Waals surface area contributed by atoms with Crippen molar-refractivity contribution in [1.29, 1.82) is 0 Å². The van der Waals surface area contributed by atoms with E-state index in [-0.39, 0.29) is 0 Å². The fraction of sp³-hybridized carbons (Fsp3) is 1.00. The second-order valence-electron chi connectivity index (χ2n) is 8.63. The molecule has 1 heterocycles. The summed E-state index contributed by atoms with van der Waals surface area (Å²) in [6.45, 7) is 14.0. The Bertz CT molecular complexity index is 315. The Morgan fingerprint density at radius 2 is 1.71 bits per heavy atom. The third kappa shape index (κ3) is 4.20. The first-order valence-corrected chi connectivity index (χ1v) is 8.97. The summed E-state index contributed by atoms with van der Waals surface area (Å²) in [5.41, 5.74) is 6.67. The molecule has 1 aliphatic carbocycles. The van der Waals surface area contributed by atoms with E-state index in [1.54, 1.807) is 0 Å². The van der Waals surface area contributed by atoms with Crippen LogP contribution in [0.15, 0.2) is 0 Å². The highest BCUT2D eigenvalue weighted by atomic mass is 15.3. The van der Waals surface area contributed by atoms with E-state index in [9.17, 15) is 0 Å². The van der Waals surface area contributed by atoms with E-state index in [2.05, 4.69) is 44.5 Å². The Labute approximate surface area is 132 Å². The lowest BCUT2D eigenvalue weighted by atomic mass is 9.68. The van der Waals surface area contributed by atoms with Crippen molar-refractivity contribution in [1.82, 2.24) is 9.80 Å². The fourth-order valence-corrected chi connectivity index (χ4v) is 4.62. The molecule has 2 aliphatic rings. The first-order valence-electron chi connectivity index (χ1n) is 8.97. The molecule has 3 nitrogen and oxygen atoms in total. The van der Waals surface area contributed by atoms with Gasteiger partial charge in [0, 0.05) is 38.3 Å². The zero-order valence-electron chi connectivity index (χ0n) is 14.9. The van der Waals surface area contributed by atoms with Crippen LogP contribution in [0, 0.1) is 17.3 Å². The topological polar surface area (TPSA) is 32.5 Å². The smallest absolute Gasteiger partial charge is 0.0250 e. The summed E-state index contributed by atoms with van der Waals surface area (Å²) in [5.74, 6) is 1.72. The van der Waals surface area contributed by atoms with Crippen LogP contribution in [0.4, 0.5) is 0 Å². The van der Waals surface area contributed by atoms with E-state index in [0.717, 1.165) is 18.4 Å². The van der Waals surface area contributed by atoms with Crippen molar-refractivity contribution < 1.29 is 0 Å². The normalized spacial score (nSPS) is 34.9. The Morgan fingerprint density at radius 1 is 1.10 bits per heavy atom. The summed E-state index contributed by atoms with van der Waals surface area (Å²) in [6, 6.07) is 1.26. The maximum Gasteiger partial charge on any atom is 0.0250 e. The lowest BCUT2D eigenvalue weighted by Gasteiger charge is -2.47. The van der Waals surface area contributed by atoms with Crippen molar-refractivity contribution in [2.45, 2.75) is 65.5 Å². The lowest BCUT2D eigenvalue weighted by molar-refractivity contribution is 0.0197. The summed E-state index contributed by atoms with van der Waals surface area (Å²) in [4.78, 5) is 5.16. The van der Waals surface area contributed by atoms with Crippen LogP contribution in [0.1, 0.15) is 53.4 Å². The monoisotopic (exact) mass is 295 g/mol. The molecule has 21 heavy (non-hydrogen) atoms. The van der Waals surface area contributed by atoms with E-state index >= 15 is 0 Å². The van der Waals surface area contributed by atoms with Gasteiger partial charge in [0.2, 0.25) is 0 Å². The van der Waals surface area contributed by atoms with Crippen LogP contribution in [-0.2, 0) is 0 Å². The summed E-state index contributed by atoms with van der Waals surface area (Å²) < 4.78 is 0. The molecule has 0 aromatic heterocycles. The number of likely N-dealkylation sites (N-methyl/N-ethyl adjacent to an activating group) is 1. The lowest BCUT2D eigenvalue weighted by Crippen LogP contribution is -2.58. The van der Waals surface area contributed by atoms with Crippen LogP contribution in [0.2, 0.25) is 0 Å². The standard InChI is InChI=1S/C18H37N3/c1-14-13-20(5)10-11-21(14)17(12-19)15-6-8-16(9-7-15)18(2,3)4/h14-17H,6-13,19H2,1-5H3. The minimum atomic E-state index is 0.476. The number of hydrogen-bond acceptors (Lipinski definition) is 3. The van der Waals surface area contributed by atoms with Gasteiger partial charge in [0.15, 0.2) is 0 Å². The van der Waals surface area contributed by atoms with Crippen LogP contribution in [0.25, 0.3) is 0 Å². The Hall–Kier alpha value is -0.120. The molecule has 2 N–H and O–H groups in total. The van der Waals surface area contributed by atoms with Crippen LogP contribution in [0.3, 0.4) is 0 Å². The van der Waals surface area contributed by atoms with Crippen molar-refractivity contribution >= 4 is 0 Å². The number of nitrogens with two attached hydrogens (primary N) is 1. The molecule has 1 aliphatic heterocycles. The molecule has 0 spiro atoms. The summed E-state index contributed by atoms with van der Waals surface area (Å²) >= 11 is 0. The molecule has 2 rings (SSSR count). The fourth-order valence-electron chi connectivity index (χ4n) is 4.62. The average Bonchev–Trinajstić information content (AvgIpc) is 2.41. The summed E-state index contributed by atoms with van der Waals surface area (Å²) in [7, 11) is 2.24. The van der Waals surface area contributed by atoms with Gasteiger partial charge in [-0.05, 0) is 56.9 Å². The van der Waals surface area contributed by atoms with Crippen LogP contribution >= 0.6 is 0 Å². The van der Waals surface area contributed by atoms with Gasteiger partial charge in [-0.15, -0.1) is 0 Å². The molecule has 3 heteroatoms. The highest BCUT2D eigenvalue weighted by molar-refractivity contribution is 4.91. The van der Waals surface area contributed by atoms with Gasteiger partial charge >= 0.3 is 0 Å². The van der Waals surface area contributed by atoms with Crippen LogP contribution < -0.4 is 5.73 Å². The minimum Gasteiger partial charge on any atom is -0.329 e. The Balaban J connectivity index is 1.93. The van der Waals surface area contributed by atoms with Crippen molar-refractivity contribution in [3.05, 3.63) is 0 Å². The van der Waals surface area contributed by atoms with Gasteiger partial charge in [-0.1, -0.05) is 20.8 Å². The quantitative estimate of drug-likeness (QED) is 0.869. The second-order valence-corrected chi connectivity index (χ2v) is 8.63. The highest BCUT2D eigenvalue weighted by Gasteiger charge is 2.36. The molecule has 0 radical (unpaired) electrons. The number of nitrogens with zero attached hydrogens (tertiary/aromatic N) is 2. The molecule has 2 fully saturated rings. The van der Waals surface area contributed by atoms with E-state index in [1.165, 1.54) is 45.3 Å². The molecule has 124 valence electrons. The van der Waals surface area contributed by atoms with Crippen molar-refractivity contribution in [2.75, 3.05) is 33.2 Å². The summed E-state index contributed by atoms with van der Waals surface area (Å²) in [5, 5.41) is 0. The average molecular weight is 296 g/mol. The second kappa shape index (κ2) is 6.97. The van der Waals surface area contributed by atoms with E-state index in [0.29, 0.717) is 17.5 Å². The maximum atomic E-state index is 6.20. The summed E-state index contributed by atoms with van der Waals surface area (Å²) in [6.07, 6.45) is 5.55. The highest BCUT2D eigenvalue weighted by Crippen LogP contribution is 2.41. The van der Waals surface area contributed by atoms with E-state index in [1.807, 2.05) is 0 Å². The van der Waals surface area contributed by atoms with Gasteiger partial charge in [0.1, 0.15) is 0 Å². The molecule has 1 saturated carbocycles. The molecular formula is C18H37N3. The van der Waals surface area contributed by atoms with Gasteiger partial charge in [0.05, 0.1) is 0 Å². The molecular weight excluding hydrogens is 258 g/mol. The Morgan fingerprint density at radius 3 is 2.19 bits per heavy atom. The molecule has 0 amide bonds. The first kappa shape index (κ1) is 17.2. The van der Waals surface area contributed by atoms with Gasteiger partial charge in [-0.25, -0.2) is 0 Å². The third-order valence-electron chi connectivity index (χ3n) is 6.09. The molecule has 0 aromatic carbocycles. The van der Waals surface area contributed by atoms with Gasteiger partial charge in [-0.2, -0.15) is 0 Å². The van der Waals surface area contributed by atoms with Crippen molar-refractivity contribution in [3.63, 3.8) is 0 Å². The van der Waals surface area contributed by atoms with Crippen molar-refractivity contribution in [3.8, 4) is 0 Å². The maximum absolute atomic E-state index is 6.20. The number of piperazine rings is 1. The van der Waals surface area contributed by atoms with Crippen molar-refractivity contribution in [2.24, 2.45) is 23.0 Å². The van der Waals surface area contributed by atoms with E-state index in [4.69, 9.17) is 5.73 Å². The van der Waals surface area contributed by atoms with E-state index < -0.39 is 0 Å². The first-order chi connectivity index (χ1) is 9.82. The van der Waals surface area contributed by atoms with Gasteiger partial charge in [-0.3, -0.25) is 4.90 Å². The van der Waals surface area contributed by atoms with Gasteiger partial charge in [0.25, 0.3) is 0 Å². The zero-order valence-corrected chi connectivity index (χ0v) is 14.9. The predicted molar refractivity (Wildman–Crippen MR) is 91.4 cm³/mol. The molecule has 2 unspecified atom stereocenters. The molecule has 1 saturated heterocycles. The molecule has 0 bridgehead atoms. The van der Waals surface area contributed by atoms with Crippen LogP contribution in [0.5, 0.6) is 0 Å². The number of rotatable bonds is 3. The molecule has 2 atom stereocenters.